The van der Waals surface area contributed by atoms with Gasteiger partial charge in [0.15, 0.2) is 0 Å². The van der Waals surface area contributed by atoms with Crippen LogP contribution >= 0.6 is 11.3 Å². The number of benzene rings is 2. The Morgan fingerprint density at radius 1 is 1.04 bits per heavy atom. The van der Waals surface area contributed by atoms with Gasteiger partial charge >= 0.3 is 0 Å². The van der Waals surface area contributed by atoms with Crippen LogP contribution in [0.5, 0.6) is 0 Å². The summed E-state index contributed by atoms with van der Waals surface area (Å²) in [7, 11) is 0. The molecule has 132 valence electrons. The van der Waals surface area contributed by atoms with E-state index in [0.717, 1.165) is 31.6 Å². The summed E-state index contributed by atoms with van der Waals surface area (Å²) < 4.78 is 0. The molecular formula is C22H22N2OS. The van der Waals surface area contributed by atoms with E-state index in [0.29, 0.717) is 0 Å². The Morgan fingerprint density at radius 3 is 2.58 bits per heavy atom. The van der Waals surface area contributed by atoms with E-state index in [-0.39, 0.29) is 11.9 Å². The maximum Gasteiger partial charge on any atom is 0.251 e. The summed E-state index contributed by atoms with van der Waals surface area (Å²) in [6.07, 6.45) is 1.01. The second kappa shape index (κ2) is 7.85. The Labute approximate surface area is 158 Å². The molecule has 2 aromatic carbocycles. The highest BCUT2D eigenvalue weighted by Gasteiger charge is 2.24. The molecule has 3 aromatic rings. The molecule has 2 heterocycles. The molecule has 1 unspecified atom stereocenters. The van der Waals surface area contributed by atoms with E-state index in [9.17, 15) is 4.79 Å². The van der Waals surface area contributed by atoms with Crippen LogP contribution in [0.4, 0.5) is 0 Å². The minimum atomic E-state index is 0.0255. The van der Waals surface area contributed by atoms with E-state index in [4.69, 9.17) is 0 Å². The first-order chi connectivity index (χ1) is 12.8. The van der Waals surface area contributed by atoms with E-state index in [2.05, 4.69) is 51.3 Å². The first-order valence-electron chi connectivity index (χ1n) is 8.98. The molecule has 1 N–H and O–H groups in total. The number of carbonyl (C=O) groups is 1. The van der Waals surface area contributed by atoms with Crippen LogP contribution in [0.15, 0.2) is 71.4 Å². The van der Waals surface area contributed by atoms with Gasteiger partial charge in [-0.25, -0.2) is 0 Å². The number of likely N-dealkylation sites (tertiary alicyclic amines) is 1. The number of rotatable bonds is 5. The zero-order chi connectivity index (χ0) is 17.8. The summed E-state index contributed by atoms with van der Waals surface area (Å²) >= 11 is 1.73. The van der Waals surface area contributed by atoms with Crippen LogP contribution in [0.25, 0.3) is 11.1 Å². The second-order valence-electron chi connectivity index (χ2n) is 6.77. The van der Waals surface area contributed by atoms with E-state index < -0.39 is 0 Å². The zero-order valence-electron chi connectivity index (χ0n) is 14.6. The summed E-state index contributed by atoms with van der Waals surface area (Å²) in [5, 5.41) is 7.44. The van der Waals surface area contributed by atoms with Crippen molar-refractivity contribution in [3.8, 4) is 11.1 Å². The number of nitrogens with zero attached hydrogens (tertiary/aromatic N) is 1. The van der Waals surface area contributed by atoms with Crippen molar-refractivity contribution < 1.29 is 4.79 Å². The van der Waals surface area contributed by atoms with Crippen molar-refractivity contribution in [1.29, 1.82) is 0 Å². The van der Waals surface area contributed by atoms with Crippen molar-refractivity contribution in [3.05, 3.63) is 82.6 Å². The largest absolute Gasteiger partial charge is 0.348 e. The van der Waals surface area contributed by atoms with Crippen LogP contribution in [-0.2, 0) is 6.54 Å². The molecule has 1 amide bonds. The van der Waals surface area contributed by atoms with Gasteiger partial charge in [-0.15, -0.1) is 0 Å². The highest BCUT2D eigenvalue weighted by molar-refractivity contribution is 7.08. The fraction of sp³-hybridized carbons (Fsp3) is 0.227. The van der Waals surface area contributed by atoms with Crippen LogP contribution in [0.3, 0.4) is 0 Å². The predicted octanol–water partition coefficient (Wildman–Crippen LogP) is 4.42. The molecule has 1 saturated heterocycles. The Hall–Kier alpha value is -2.43. The van der Waals surface area contributed by atoms with Gasteiger partial charge in [-0.3, -0.25) is 9.69 Å². The molecule has 1 aromatic heterocycles. The van der Waals surface area contributed by atoms with Gasteiger partial charge in [0.25, 0.3) is 5.91 Å². The summed E-state index contributed by atoms with van der Waals surface area (Å²) in [6.45, 7) is 2.86. The predicted molar refractivity (Wildman–Crippen MR) is 107 cm³/mol. The quantitative estimate of drug-likeness (QED) is 0.729. The Kier molecular flexibility index (Phi) is 5.14. The van der Waals surface area contributed by atoms with Crippen LogP contribution in [-0.4, -0.2) is 29.9 Å². The number of hydrogen-bond acceptors (Lipinski definition) is 3. The van der Waals surface area contributed by atoms with Crippen molar-refractivity contribution in [2.24, 2.45) is 0 Å². The summed E-state index contributed by atoms with van der Waals surface area (Å²) in [4.78, 5) is 14.7. The molecule has 1 aliphatic heterocycles. The lowest BCUT2D eigenvalue weighted by Gasteiger charge is -2.17. The number of amides is 1. The number of thiophene rings is 1. The lowest BCUT2D eigenvalue weighted by atomic mass is 10.1. The normalized spacial score (nSPS) is 17.3. The monoisotopic (exact) mass is 362 g/mol. The summed E-state index contributed by atoms with van der Waals surface area (Å²) in [5.74, 6) is 0.0255. The third-order valence-electron chi connectivity index (χ3n) is 4.86. The Bertz CT molecular complexity index is 844. The van der Waals surface area contributed by atoms with Crippen molar-refractivity contribution in [2.75, 3.05) is 13.1 Å². The van der Waals surface area contributed by atoms with Crippen molar-refractivity contribution >= 4 is 17.2 Å². The SMILES string of the molecule is O=C(NC1CCN(Cc2ccc(-c3ccsc3)cc2)C1)c1ccccc1. The molecule has 4 heteroatoms. The van der Waals surface area contributed by atoms with Gasteiger partial charge in [0.05, 0.1) is 0 Å². The number of nitrogens with one attached hydrogen (secondary N) is 1. The van der Waals surface area contributed by atoms with Crippen molar-refractivity contribution in [3.63, 3.8) is 0 Å². The standard InChI is InChI=1S/C22H22N2OS/c25-22(19-4-2-1-3-5-19)23-21-10-12-24(15-21)14-17-6-8-18(9-7-17)20-11-13-26-16-20/h1-9,11,13,16,21H,10,12,14-15H2,(H,23,25). The fourth-order valence-corrected chi connectivity index (χ4v) is 4.11. The zero-order valence-corrected chi connectivity index (χ0v) is 15.4. The summed E-state index contributed by atoms with van der Waals surface area (Å²) in [6, 6.07) is 20.6. The molecule has 0 radical (unpaired) electrons. The summed E-state index contributed by atoms with van der Waals surface area (Å²) in [5.41, 5.74) is 4.60. The minimum Gasteiger partial charge on any atom is -0.348 e. The van der Waals surface area contributed by atoms with E-state index >= 15 is 0 Å². The van der Waals surface area contributed by atoms with Crippen molar-refractivity contribution in [2.45, 2.75) is 19.0 Å². The third kappa shape index (κ3) is 4.03. The molecule has 0 saturated carbocycles. The van der Waals surface area contributed by atoms with Gasteiger partial charge < -0.3 is 5.32 Å². The smallest absolute Gasteiger partial charge is 0.251 e. The number of hydrogen-bond donors (Lipinski definition) is 1. The highest BCUT2D eigenvalue weighted by atomic mass is 32.1. The number of carbonyl (C=O) groups excluding carboxylic acids is 1. The fourth-order valence-electron chi connectivity index (χ4n) is 3.44. The van der Waals surface area contributed by atoms with Crippen LogP contribution in [0, 0.1) is 0 Å². The molecule has 0 bridgehead atoms. The van der Waals surface area contributed by atoms with Crippen LogP contribution in [0.2, 0.25) is 0 Å². The lowest BCUT2D eigenvalue weighted by molar-refractivity contribution is 0.0937. The average Bonchev–Trinajstić information content (AvgIpc) is 3.35. The Balaban J connectivity index is 1.31. The minimum absolute atomic E-state index is 0.0255. The van der Waals surface area contributed by atoms with Gasteiger partial charge in [-0.1, -0.05) is 42.5 Å². The lowest BCUT2D eigenvalue weighted by Crippen LogP contribution is -2.36. The van der Waals surface area contributed by atoms with E-state index in [1.165, 1.54) is 16.7 Å². The van der Waals surface area contributed by atoms with Gasteiger partial charge in [0.2, 0.25) is 0 Å². The van der Waals surface area contributed by atoms with Gasteiger partial charge in [-0.05, 0) is 52.1 Å². The molecule has 1 aliphatic rings. The first-order valence-corrected chi connectivity index (χ1v) is 9.92. The molecule has 1 fully saturated rings. The van der Waals surface area contributed by atoms with Crippen LogP contribution < -0.4 is 5.32 Å². The molecule has 0 aliphatic carbocycles. The first kappa shape index (κ1) is 17.0. The highest BCUT2D eigenvalue weighted by Crippen LogP contribution is 2.23. The van der Waals surface area contributed by atoms with Crippen molar-refractivity contribution in [1.82, 2.24) is 10.2 Å². The van der Waals surface area contributed by atoms with Gasteiger partial charge in [-0.2, -0.15) is 11.3 Å². The molecule has 0 spiro atoms. The third-order valence-corrected chi connectivity index (χ3v) is 5.54. The molecular weight excluding hydrogens is 340 g/mol. The van der Waals surface area contributed by atoms with E-state index in [1.807, 2.05) is 30.3 Å². The average molecular weight is 362 g/mol. The maximum absolute atomic E-state index is 12.3. The molecule has 3 nitrogen and oxygen atoms in total. The second-order valence-corrected chi connectivity index (χ2v) is 7.55. The maximum atomic E-state index is 12.3. The molecule has 4 rings (SSSR count). The topological polar surface area (TPSA) is 32.3 Å². The molecule has 1 atom stereocenters. The van der Waals surface area contributed by atoms with E-state index in [1.54, 1.807) is 11.3 Å². The molecule has 26 heavy (non-hydrogen) atoms. The van der Waals surface area contributed by atoms with Crippen LogP contribution in [0.1, 0.15) is 22.3 Å². The van der Waals surface area contributed by atoms with Gasteiger partial charge in [0, 0.05) is 31.2 Å². The van der Waals surface area contributed by atoms with Gasteiger partial charge in [0.1, 0.15) is 0 Å². The Morgan fingerprint density at radius 2 is 1.85 bits per heavy atom.